The van der Waals surface area contributed by atoms with E-state index in [0.717, 1.165) is 57.1 Å². The Balaban J connectivity index is 1.64. The number of hydrogen-bond donors (Lipinski definition) is 2. The van der Waals surface area contributed by atoms with Gasteiger partial charge in [0.15, 0.2) is 0 Å². The Morgan fingerprint density at radius 1 is 1.09 bits per heavy atom. The third-order valence-corrected chi connectivity index (χ3v) is 6.25. The van der Waals surface area contributed by atoms with E-state index < -0.39 is 0 Å². The van der Waals surface area contributed by atoms with Crippen molar-refractivity contribution < 1.29 is 0 Å². The maximum Gasteiger partial charge on any atom is 0.234 e. The van der Waals surface area contributed by atoms with Crippen molar-refractivity contribution in [1.29, 1.82) is 5.26 Å². The van der Waals surface area contributed by atoms with E-state index in [4.69, 9.17) is 0 Å². The molecule has 1 fully saturated rings. The first-order chi connectivity index (χ1) is 16.1. The van der Waals surface area contributed by atoms with E-state index in [-0.39, 0.29) is 16.8 Å². The van der Waals surface area contributed by atoms with Crippen molar-refractivity contribution in [3.63, 3.8) is 0 Å². The molecule has 34 heavy (non-hydrogen) atoms. The van der Waals surface area contributed by atoms with Gasteiger partial charge in [0.1, 0.15) is 11.9 Å². The number of hydrogen-bond acceptors (Lipinski definition) is 7. The Bertz CT molecular complexity index is 979. The van der Waals surface area contributed by atoms with Gasteiger partial charge in [0.2, 0.25) is 5.82 Å². The Morgan fingerprint density at radius 3 is 2.47 bits per heavy atom. The maximum absolute atomic E-state index is 9.22. The highest BCUT2D eigenvalue weighted by Gasteiger charge is 2.21. The van der Waals surface area contributed by atoms with Gasteiger partial charge in [-0.2, -0.15) is 5.26 Å². The summed E-state index contributed by atoms with van der Waals surface area (Å²) in [6.07, 6.45) is 2.67. The molecule has 2 N–H and O–H groups in total. The number of benzene rings is 1. The Labute approximate surface area is 205 Å². The van der Waals surface area contributed by atoms with Gasteiger partial charge >= 0.3 is 0 Å². The lowest BCUT2D eigenvalue weighted by Gasteiger charge is -2.36. The summed E-state index contributed by atoms with van der Waals surface area (Å²) in [5, 5.41) is 16.3. The highest BCUT2D eigenvalue weighted by molar-refractivity contribution is 5.49. The van der Waals surface area contributed by atoms with E-state index in [1.165, 1.54) is 11.3 Å². The van der Waals surface area contributed by atoms with Crippen LogP contribution in [0.1, 0.15) is 58.5 Å². The molecule has 3 rings (SSSR count). The number of nitrogens with one attached hydrogen (secondary N) is 2. The molecule has 0 aliphatic carbocycles. The molecule has 1 aromatic carbocycles. The van der Waals surface area contributed by atoms with E-state index in [9.17, 15) is 5.26 Å². The molecule has 7 nitrogen and oxygen atoms in total. The Morgan fingerprint density at radius 2 is 1.82 bits per heavy atom. The highest BCUT2D eigenvalue weighted by Crippen LogP contribution is 2.23. The summed E-state index contributed by atoms with van der Waals surface area (Å²) >= 11 is 0. The molecule has 0 atom stereocenters. The van der Waals surface area contributed by atoms with Gasteiger partial charge in [-0.3, -0.25) is 0 Å². The zero-order chi connectivity index (χ0) is 24.8. The molecular weight excluding hydrogens is 422 g/mol. The number of likely N-dealkylation sites (N-methyl/N-ethyl adjacent to an activating group) is 1. The minimum Gasteiger partial charge on any atom is -0.369 e. The van der Waals surface area contributed by atoms with Gasteiger partial charge in [-0.15, -0.1) is 0 Å². The topological polar surface area (TPSA) is 80.1 Å². The van der Waals surface area contributed by atoms with E-state index in [2.05, 4.69) is 96.2 Å². The van der Waals surface area contributed by atoms with E-state index >= 15 is 0 Å². The number of rotatable bonds is 9. The molecule has 2 heterocycles. The first-order valence-corrected chi connectivity index (χ1v) is 12.4. The van der Waals surface area contributed by atoms with Crippen LogP contribution in [-0.4, -0.2) is 59.7 Å². The smallest absolute Gasteiger partial charge is 0.234 e. The molecule has 0 saturated carbocycles. The fourth-order valence-corrected chi connectivity index (χ4v) is 4.18. The van der Waals surface area contributed by atoms with Crippen LogP contribution in [0.2, 0.25) is 0 Å². The first-order valence-electron chi connectivity index (χ1n) is 12.4. The summed E-state index contributed by atoms with van der Waals surface area (Å²) in [5.74, 6) is 0.925. The summed E-state index contributed by atoms with van der Waals surface area (Å²) in [5.41, 5.74) is 3.61. The third-order valence-electron chi connectivity index (χ3n) is 6.25. The van der Waals surface area contributed by atoms with Crippen molar-refractivity contribution in [2.24, 2.45) is 5.41 Å². The van der Waals surface area contributed by atoms with Crippen LogP contribution in [0.15, 0.2) is 30.5 Å². The summed E-state index contributed by atoms with van der Waals surface area (Å²) < 4.78 is 0. The molecule has 1 saturated heterocycles. The van der Waals surface area contributed by atoms with Crippen LogP contribution in [0.5, 0.6) is 0 Å². The largest absolute Gasteiger partial charge is 0.369 e. The molecule has 0 bridgehead atoms. The molecular formula is C27H41N7. The van der Waals surface area contributed by atoms with E-state index in [1.54, 1.807) is 6.20 Å². The second-order valence-electron chi connectivity index (χ2n) is 11.1. The normalized spacial score (nSPS) is 15.3. The van der Waals surface area contributed by atoms with Gasteiger partial charge in [0, 0.05) is 62.3 Å². The van der Waals surface area contributed by atoms with Crippen LogP contribution in [0, 0.1) is 16.7 Å². The van der Waals surface area contributed by atoms with Crippen molar-refractivity contribution in [3.05, 3.63) is 47.4 Å². The van der Waals surface area contributed by atoms with E-state index in [1.807, 2.05) is 6.07 Å². The molecule has 1 aromatic heterocycles. The second-order valence-corrected chi connectivity index (χ2v) is 11.1. The molecule has 2 aromatic rings. The van der Waals surface area contributed by atoms with Crippen LogP contribution in [0.25, 0.3) is 0 Å². The molecule has 0 spiro atoms. The average Bonchev–Trinajstić information content (AvgIpc) is 2.81. The van der Waals surface area contributed by atoms with Crippen LogP contribution in [0.4, 0.5) is 11.5 Å². The predicted octanol–water partition coefficient (Wildman–Crippen LogP) is 4.06. The lowest BCUT2D eigenvalue weighted by molar-refractivity contribution is 0.271. The minimum absolute atomic E-state index is 0.107. The van der Waals surface area contributed by atoms with E-state index in [0.29, 0.717) is 6.54 Å². The summed E-state index contributed by atoms with van der Waals surface area (Å²) in [6.45, 7) is 20.2. The van der Waals surface area contributed by atoms with Crippen LogP contribution >= 0.6 is 0 Å². The molecule has 184 valence electrons. The summed E-state index contributed by atoms with van der Waals surface area (Å²) in [6, 6.07) is 11.0. The molecule has 0 amide bonds. The average molecular weight is 464 g/mol. The Hall–Kier alpha value is -2.69. The lowest BCUT2D eigenvalue weighted by atomic mass is 9.94. The van der Waals surface area contributed by atoms with Crippen LogP contribution < -0.4 is 15.5 Å². The monoisotopic (exact) mass is 463 g/mol. The number of piperazine rings is 1. The summed E-state index contributed by atoms with van der Waals surface area (Å²) in [4.78, 5) is 13.6. The zero-order valence-electron chi connectivity index (χ0n) is 21.8. The molecule has 7 heteroatoms. The van der Waals surface area contributed by atoms with Gasteiger partial charge < -0.3 is 20.4 Å². The van der Waals surface area contributed by atoms with Crippen molar-refractivity contribution in [2.75, 3.05) is 49.5 Å². The molecule has 0 unspecified atom stereocenters. The van der Waals surface area contributed by atoms with Gasteiger partial charge in [0.25, 0.3) is 0 Å². The van der Waals surface area contributed by atoms with Crippen molar-refractivity contribution in [2.45, 2.75) is 60.0 Å². The van der Waals surface area contributed by atoms with Crippen molar-refractivity contribution >= 4 is 11.5 Å². The first kappa shape index (κ1) is 25.9. The van der Waals surface area contributed by atoms with Gasteiger partial charge in [-0.25, -0.2) is 9.97 Å². The van der Waals surface area contributed by atoms with Gasteiger partial charge in [-0.1, -0.05) is 39.8 Å². The number of nitriles is 1. The zero-order valence-corrected chi connectivity index (χ0v) is 21.8. The highest BCUT2D eigenvalue weighted by atomic mass is 15.3. The predicted molar refractivity (Wildman–Crippen MR) is 140 cm³/mol. The standard InChI is InChI=1S/C27H41N7/c1-7-33-11-13-34(14-12-33)23-10-8-9-21(15-23)16-27(5,6)31-19-22-18-29-24(17-28)32-25(22)30-20-26(2,3)4/h8-10,15,18,31H,7,11-14,16,19-20H2,1-6H3,(H,29,30,32). The second kappa shape index (κ2) is 11.2. The van der Waals surface area contributed by atoms with Crippen LogP contribution in [-0.2, 0) is 13.0 Å². The minimum atomic E-state index is -0.116. The number of anilines is 2. The van der Waals surface area contributed by atoms with Gasteiger partial charge in [-0.05, 0) is 49.9 Å². The van der Waals surface area contributed by atoms with Crippen molar-refractivity contribution in [1.82, 2.24) is 20.2 Å². The molecule has 1 aliphatic heterocycles. The SMILES string of the molecule is CCN1CCN(c2cccc(CC(C)(C)NCc3cnc(C#N)nc3NCC(C)(C)C)c2)CC1. The van der Waals surface area contributed by atoms with Crippen molar-refractivity contribution in [3.8, 4) is 6.07 Å². The Kier molecular flexibility index (Phi) is 8.51. The molecule has 0 radical (unpaired) electrons. The molecule has 1 aliphatic rings. The number of nitrogens with zero attached hydrogens (tertiary/aromatic N) is 5. The fraction of sp³-hybridized carbons (Fsp3) is 0.593. The van der Waals surface area contributed by atoms with Crippen LogP contribution in [0.3, 0.4) is 0 Å². The quantitative estimate of drug-likeness (QED) is 0.580. The van der Waals surface area contributed by atoms with Gasteiger partial charge in [0.05, 0.1) is 0 Å². The third kappa shape index (κ3) is 7.68. The maximum atomic E-state index is 9.22. The lowest BCUT2D eigenvalue weighted by Crippen LogP contribution is -2.46. The summed E-state index contributed by atoms with van der Waals surface area (Å²) in [7, 11) is 0. The number of aromatic nitrogens is 2. The fourth-order valence-electron chi connectivity index (χ4n) is 4.18.